The first-order chi connectivity index (χ1) is 16.5. The van der Waals surface area contributed by atoms with Gasteiger partial charge in [-0.1, -0.05) is 6.42 Å². The summed E-state index contributed by atoms with van der Waals surface area (Å²) in [6, 6.07) is 5.42. The van der Waals surface area contributed by atoms with E-state index in [0.717, 1.165) is 37.5 Å². The van der Waals surface area contributed by atoms with Crippen molar-refractivity contribution in [3.05, 3.63) is 30.2 Å². The van der Waals surface area contributed by atoms with Crippen molar-refractivity contribution in [2.24, 2.45) is 0 Å². The van der Waals surface area contributed by atoms with Gasteiger partial charge in [0.25, 0.3) is 6.43 Å². The number of halogens is 2. The second kappa shape index (κ2) is 9.22. The average molecular weight is 472 g/mol. The molecule has 11 heteroatoms. The number of nitrogens with zero attached hydrogens (tertiary/aromatic N) is 5. The second-order valence-electron chi connectivity index (χ2n) is 8.59. The van der Waals surface area contributed by atoms with Gasteiger partial charge in [0.15, 0.2) is 5.65 Å². The smallest absolute Gasteiger partial charge is 0.256 e. The van der Waals surface area contributed by atoms with Crippen molar-refractivity contribution >= 4 is 28.1 Å². The van der Waals surface area contributed by atoms with Crippen LogP contribution in [0.4, 0.5) is 14.7 Å². The monoisotopic (exact) mass is 471 g/mol. The van der Waals surface area contributed by atoms with Crippen LogP contribution in [0, 0.1) is 6.92 Å². The van der Waals surface area contributed by atoms with Crippen LogP contribution in [0.2, 0.25) is 0 Å². The van der Waals surface area contributed by atoms with Crippen LogP contribution in [-0.4, -0.2) is 60.0 Å². The molecular formula is C23H27F2N7O2. The van der Waals surface area contributed by atoms with Crippen LogP contribution in [0.25, 0.3) is 33.6 Å². The summed E-state index contributed by atoms with van der Waals surface area (Å²) < 4.78 is 33.8. The fourth-order valence-electron chi connectivity index (χ4n) is 4.67. The van der Waals surface area contributed by atoms with Gasteiger partial charge in [0, 0.05) is 11.6 Å². The third kappa shape index (κ3) is 4.32. The van der Waals surface area contributed by atoms with E-state index in [0.29, 0.717) is 40.0 Å². The highest BCUT2D eigenvalue weighted by atomic mass is 19.3. The Labute approximate surface area is 194 Å². The number of ether oxygens (including phenoxy) is 1. The second-order valence-corrected chi connectivity index (χ2v) is 8.59. The first kappa shape index (κ1) is 22.6. The summed E-state index contributed by atoms with van der Waals surface area (Å²) in [6.07, 6.45) is 3.95. The number of pyridine rings is 1. The number of imidazole rings is 1. The van der Waals surface area contributed by atoms with Crippen LogP contribution in [-0.2, 0) is 11.3 Å². The Balaban J connectivity index is 1.58. The first-order valence-electron chi connectivity index (χ1n) is 11.5. The van der Waals surface area contributed by atoms with E-state index in [2.05, 4.69) is 25.3 Å². The predicted octanol–water partition coefficient (Wildman–Crippen LogP) is 4.02. The molecule has 1 saturated carbocycles. The molecule has 0 atom stereocenters. The average Bonchev–Trinajstić information content (AvgIpc) is 3.41. The summed E-state index contributed by atoms with van der Waals surface area (Å²) in [6.45, 7) is 1.37. The molecule has 0 amide bonds. The number of H-pyrrole nitrogens is 1. The van der Waals surface area contributed by atoms with Crippen LogP contribution in [0.15, 0.2) is 24.4 Å². The number of alkyl halides is 2. The standard InChI is InChI=1S/C23H27F2N7O2/c1-14-27-17-6-5-16(28-21(17)32(14)13-18(24)25)19-15-7-10-26-20(15)30-22(29-19)31-23(34-12-11-33)8-3-2-4-9-23/h5-7,10,18,33H,2-4,8-9,11-13H2,1H3,(H2,26,29,30,31). The number of rotatable bonds is 8. The fourth-order valence-corrected chi connectivity index (χ4v) is 4.67. The molecule has 4 aromatic rings. The summed E-state index contributed by atoms with van der Waals surface area (Å²) in [5, 5.41) is 13.4. The van der Waals surface area contributed by atoms with Crippen LogP contribution in [0.1, 0.15) is 37.9 Å². The van der Waals surface area contributed by atoms with E-state index >= 15 is 0 Å². The molecule has 0 bridgehead atoms. The number of fused-ring (bicyclic) bond motifs is 2. The maximum atomic E-state index is 13.2. The van der Waals surface area contributed by atoms with Gasteiger partial charge in [0.2, 0.25) is 5.95 Å². The van der Waals surface area contributed by atoms with Gasteiger partial charge in [-0.05, 0) is 50.8 Å². The number of aromatic amines is 1. The zero-order valence-electron chi connectivity index (χ0n) is 18.9. The van der Waals surface area contributed by atoms with Gasteiger partial charge in [0.1, 0.15) is 28.4 Å². The zero-order valence-corrected chi connectivity index (χ0v) is 18.9. The van der Waals surface area contributed by atoms with Crippen molar-refractivity contribution in [1.82, 2.24) is 29.5 Å². The molecule has 9 nitrogen and oxygen atoms in total. The molecular weight excluding hydrogens is 444 g/mol. The summed E-state index contributed by atoms with van der Waals surface area (Å²) in [5.41, 5.74) is 2.03. The number of anilines is 1. The molecule has 4 heterocycles. The molecule has 3 N–H and O–H groups in total. The first-order valence-corrected chi connectivity index (χ1v) is 11.5. The molecule has 4 aromatic heterocycles. The van der Waals surface area contributed by atoms with Crippen molar-refractivity contribution in [3.63, 3.8) is 0 Å². The number of aliphatic hydroxyl groups excluding tert-OH is 1. The Morgan fingerprint density at radius 1 is 1.15 bits per heavy atom. The van der Waals surface area contributed by atoms with Crippen LogP contribution >= 0.6 is 0 Å². The van der Waals surface area contributed by atoms with Gasteiger partial charge in [-0.3, -0.25) is 0 Å². The van der Waals surface area contributed by atoms with E-state index < -0.39 is 18.7 Å². The van der Waals surface area contributed by atoms with Gasteiger partial charge in [-0.25, -0.2) is 23.7 Å². The van der Waals surface area contributed by atoms with Gasteiger partial charge < -0.3 is 24.7 Å². The molecule has 180 valence electrons. The number of aromatic nitrogens is 6. The van der Waals surface area contributed by atoms with Gasteiger partial charge >= 0.3 is 0 Å². The minimum absolute atomic E-state index is 0.0686. The predicted molar refractivity (Wildman–Crippen MR) is 124 cm³/mol. The topological polar surface area (TPSA) is 114 Å². The lowest BCUT2D eigenvalue weighted by Gasteiger charge is -2.37. The Morgan fingerprint density at radius 3 is 2.74 bits per heavy atom. The Bertz CT molecular complexity index is 1300. The molecule has 1 aliphatic carbocycles. The summed E-state index contributed by atoms with van der Waals surface area (Å²) in [5.74, 6) is 0.862. The van der Waals surface area contributed by atoms with E-state index in [1.807, 2.05) is 6.07 Å². The molecule has 1 aliphatic rings. The normalized spacial score (nSPS) is 16.0. The highest BCUT2D eigenvalue weighted by molar-refractivity contribution is 5.91. The third-order valence-electron chi connectivity index (χ3n) is 6.23. The van der Waals surface area contributed by atoms with Crippen molar-refractivity contribution in [2.45, 2.75) is 57.7 Å². The van der Waals surface area contributed by atoms with Gasteiger partial charge in [-0.2, -0.15) is 4.98 Å². The van der Waals surface area contributed by atoms with E-state index in [1.165, 1.54) is 4.57 Å². The largest absolute Gasteiger partial charge is 0.394 e. The molecule has 34 heavy (non-hydrogen) atoms. The molecule has 5 rings (SSSR count). The SMILES string of the molecule is Cc1nc2ccc(-c3nc(NC4(OCCO)CCCCC4)nc4[nH]ccc34)nc2n1CC(F)F. The Morgan fingerprint density at radius 2 is 1.97 bits per heavy atom. The van der Waals surface area contributed by atoms with Crippen molar-refractivity contribution in [3.8, 4) is 11.4 Å². The number of aryl methyl sites for hydroxylation is 1. The zero-order chi connectivity index (χ0) is 23.7. The summed E-state index contributed by atoms with van der Waals surface area (Å²) in [4.78, 5) is 21.6. The van der Waals surface area contributed by atoms with Crippen LogP contribution in [0.5, 0.6) is 0 Å². The number of nitrogens with one attached hydrogen (secondary N) is 2. The van der Waals surface area contributed by atoms with Crippen molar-refractivity contribution in [1.29, 1.82) is 0 Å². The van der Waals surface area contributed by atoms with E-state index in [-0.39, 0.29) is 13.2 Å². The van der Waals surface area contributed by atoms with Crippen LogP contribution in [0.3, 0.4) is 0 Å². The van der Waals surface area contributed by atoms with Crippen molar-refractivity contribution in [2.75, 3.05) is 18.5 Å². The quantitative estimate of drug-likeness (QED) is 0.333. The molecule has 0 spiro atoms. The molecule has 0 saturated heterocycles. The Kier molecular flexibility index (Phi) is 6.13. The highest BCUT2D eigenvalue weighted by Crippen LogP contribution is 2.34. The number of hydrogen-bond acceptors (Lipinski definition) is 7. The minimum atomic E-state index is -2.52. The molecule has 0 aliphatic heterocycles. The number of aliphatic hydroxyl groups is 1. The third-order valence-corrected chi connectivity index (χ3v) is 6.23. The maximum absolute atomic E-state index is 13.2. The molecule has 1 fully saturated rings. The van der Waals surface area contributed by atoms with E-state index in [4.69, 9.17) is 9.72 Å². The van der Waals surface area contributed by atoms with Crippen molar-refractivity contribution < 1.29 is 18.6 Å². The minimum Gasteiger partial charge on any atom is -0.394 e. The van der Waals surface area contributed by atoms with Gasteiger partial charge in [-0.15, -0.1) is 0 Å². The van der Waals surface area contributed by atoms with Gasteiger partial charge in [0.05, 0.1) is 25.5 Å². The highest BCUT2D eigenvalue weighted by Gasteiger charge is 2.34. The molecule has 0 radical (unpaired) electrons. The molecule has 0 aromatic carbocycles. The maximum Gasteiger partial charge on any atom is 0.256 e. The molecule has 0 unspecified atom stereocenters. The lowest BCUT2D eigenvalue weighted by Crippen LogP contribution is -2.44. The lowest BCUT2D eigenvalue weighted by molar-refractivity contribution is -0.0609. The summed E-state index contributed by atoms with van der Waals surface area (Å²) >= 11 is 0. The van der Waals surface area contributed by atoms with E-state index in [9.17, 15) is 13.9 Å². The summed E-state index contributed by atoms with van der Waals surface area (Å²) in [7, 11) is 0. The number of hydrogen-bond donors (Lipinski definition) is 3. The lowest BCUT2D eigenvalue weighted by atomic mass is 9.91. The van der Waals surface area contributed by atoms with E-state index in [1.54, 1.807) is 25.3 Å². The Hall–Kier alpha value is -3.18. The fraction of sp³-hybridized carbons (Fsp3) is 0.478. The van der Waals surface area contributed by atoms with Crippen LogP contribution < -0.4 is 5.32 Å².